The van der Waals surface area contributed by atoms with Crippen molar-refractivity contribution in [3.63, 3.8) is 0 Å². The third-order valence-corrected chi connectivity index (χ3v) is 5.65. The number of hydrogen-bond donors (Lipinski definition) is 2. The zero-order valence-electron chi connectivity index (χ0n) is 17.4. The highest BCUT2D eigenvalue weighted by molar-refractivity contribution is 7.99. The zero-order chi connectivity index (χ0) is 23.4. The first-order valence-electron chi connectivity index (χ1n) is 9.92. The normalized spacial score (nSPS) is 12.0. The quantitative estimate of drug-likeness (QED) is 0.483. The third-order valence-electron chi connectivity index (χ3n) is 4.69. The van der Waals surface area contributed by atoms with Crippen molar-refractivity contribution in [3.05, 3.63) is 59.4 Å². The van der Waals surface area contributed by atoms with Gasteiger partial charge < -0.3 is 24.7 Å². The van der Waals surface area contributed by atoms with Gasteiger partial charge in [0.25, 0.3) is 5.91 Å². The summed E-state index contributed by atoms with van der Waals surface area (Å²) < 4.78 is 38.6. The average Bonchev–Trinajstić information content (AvgIpc) is 3.44. The van der Waals surface area contributed by atoms with Crippen molar-refractivity contribution in [2.75, 3.05) is 17.9 Å². The fourth-order valence-electron chi connectivity index (χ4n) is 3.07. The number of benzene rings is 2. The van der Waals surface area contributed by atoms with Crippen LogP contribution < -0.4 is 20.1 Å². The number of thioether (sulfide) groups is 1. The second-order valence-corrected chi connectivity index (χ2v) is 7.80. The molecule has 1 aliphatic rings. The maximum Gasteiger partial charge on any atom is 0.251 e. The van der Waals surface area contributed by atoms with Crippen molar-refractivity contribution in [1.29, 1.82) is 0 Å². The van der Waals surface area contributed by atoms with E-state index in [0.717, 1.165) is 23.9 Å². The van der Waals surface area contributed by atoms with Crippen LogP contribution in [0.3, 0.4) is 0 Å². The first-order chi connectivity index (χ1) is 15.9. The molecule has 0 saturated carbocycles. The maximum absolute atomic E-state index is 13.3. The van der Waals surface area contributed by atoms with Crippen LogP contribution in [-0.4, -0.2) is 39.1 Å². The van der Waals surface area contributed by atoms with E-state index in [2.05, 4.69) is 20.8 Å². The number of aromatic nitrogens is 3. The highest BCUT2D eigenvalue weighted by atomic mass is 32.2. The lowest BCUT2D eigenvalue weighted by molar-refractivity contribution is -0.113. The highest BCUT2D eigenvalue weighted by Crippen LogP contribution is 2.32. The number of fused-ring (bicyclic) bond motifs is 1. The summed E-state index contributed by atoms with van der Waals surface area (Å²) in [6, 6.07) is 8.04. The fourth-order valence-corrected chi connectivity index (χ4v) is 3.90. The lowest BCUT2D eigenvalue weighted by atomic mass is 10.2. The topological polar surface area (TPSA) is 107 Å². The minimum atomic E-state index is -1.04. The average molecular weight is 475 g/mol. The van der Waals surface area contributed by atoms with E-state index >= 15 is 0 Å². The summed E-state index contributed by atoms with van der Waals surface area (Å²) in [5.41, 5.74) is 0.577. The van der Waals surface area contributed by atoms with Crippen LogP contribution in [0.15, 0.2) is 41.6 Å². The first kappa shape index (κ1) is 22.5. The number of hydrogen-bond acceptors (Lipinski definition) is 7. The Morgan fingerprint density at radius 2 is 1.91 bits per heavy atom. The van der Waals surface area contributed by atoms with Gasteiger partial charge in [0.2, 0.25) is 12.7 Å². The molecule has 1 aromatic heterocycles. The number of ether oxygens (including phenoxy) is 2. The zero-order valence-corrected chi connectivity index (χ0v) is 18.2. The number of carbonyl (C=O) groups is 2. The van der Waals surface area contributed by atoms with Gasteiger partial charge in [-0.05, 0) is 37.3 Å². The first-order valence-corrected chi connectivity index (χ1v) is 10.9. The molecule has 0 spiro atoms. The van der Waals surface area contributed by atoms with E-state index in [1.54, 1.807) is 22.8 Å². The van der Waals surface area contributed by atoms with Gasteiger partial charge in [-0.2, -0.15) is 0 Å². The largest absolute Gasteiger partial charge is 0.454 e. The molecule has 3 aromatic rings. The molecule has 0 fully saturated rings. The van der Waals surface area contributed by atoms with Crippen LogP contribution in [0.5, 0.6) is 11.5 Å². The molecule has 2 heterocycles. The van der Waals surface area contributed by atoms with Gasteiger partial charge in [0, 0.05) is 23.9 Å². The van der Waals surface area contributed by atoms with E-state index in [1.165, 1.54) is 6.07 Å². The Labute approximate surface area is 191 Å². The number of anilines is 1. The number of halogens is 2. The van der Waals surface area contributed by atoms with Crippen LogP contribution >= 0.6 is 11.8 Å². The number of amides is 2. The summed E-state index contributed by atoms with van der Waals surface area (Å²) in [7, 11) is 0. The van der Waals surface area contributed by atoms with Crippen molar-refractivity contribution in [2.45, 2.75) is 25.2 Å². The molecule has 2 N–H and O–H groups in total. The van der Waals surface area contributed by atoms with Gasteiger partial charge in [-0.25, -0.2) is 8.78 Å². The number of nitrogens with zero attached hydrogens (tertiary/aromatic N) is 3. The summed E-state index contributed by atoms with van der Waals surface area (Å²) in [5, 5.41) is 14.0. The monoisotopic (exact) mass is 475 g/mol. The van der Waals surface area contributed by atoms with Crippen molar-refractivity contribution in [3.8, 4) is 11.5 Å². The Kier molecular flexibility index (Phi) is 6.73. The third kappa shape index (κ3) is 5.22. The molecule has 2 aromatic carbocycles. The van der Waals surface area contributed by atoms with Crippen LogP contribution in [-0.2, 0) is 17.9 Å². The molecular formula is C21H19F2N5O4S. The molecule has 0 unspecified atom stereocenters. The molecule has 0 saturated heterocycles. The Hall–Kier alpha value is -3.67. The smallest absolute Gasteiger partial charge is 0.251 e. The van der Waals surface area contributed by atoms with Crippen molar-refractivity contribution in [2.24, 2.45) is 0 Å². The molecule has 172 valence electrons. The van der Waals surface area contributed by atoms with E-state index in [9.17, 15) is 18.4 Å². The van der Waals surface area contributed by atoms with Crippen LogP contribution in [0.25, 0.3) is 0 Å². The summed E-state index contributed by atoms with van der Waals surface area (Å²) in [6.45, 7) is 2.67. The van der Waals surface area contributed by atoms with Gasteiger partial charge in [-0.3, -0.25) is 9.59 Å². The maximum atomic E-state index is 13.3. The second-order valence-electron chi connectivity index (χ2n) is 6.86. The van der Waals surface area contributed by atoms with E-state index in [4.69, 9.17) is 9.47 Å². The van der Waals surface area contributed by atoms with Gasteiger partial charge >= 0.3 is 0 Å². The summed E-state index contributed by atoms with van der Waals surface area (Å²) in [4.78, 5) is 24.6. The SMILES string of the molecule is CCn1c(CNC(=O)c2ccc3c(c2)OCO3)nnc1SCC(=O)Nc1ccc(F)c(F)c1. The molecule has 2 amide bonds. The number of carbonyl (C=O) groups excluding carboxylic acids is 2. The number of nitrogens with one attached hydrogen (secondary N) is 2. The van der Waals surface area contributed by atoms with E-state index in [1.807, 2.05) is 6.92 Å². The predicted octanol–water partition coefficient (Wildman–Crippen LogP) is 2.97. The lowest BCUT2D eigenvalue weighted by Gasteiger charge is -2.09. The molecule has 1 aliphatic heterocycles. The van der Waals surface area contributed by atoms with Crippen LogP contribution in [0, 0.1) is 11.6 Å². The molecule has 0 aliphatic carbocycles. The van der Waals surface area contributed by atoms with Crippen LogP contribution in [0.4, 0.5) is 14.5 Å². The molecule has 9 nitrogen and oxygen atoms in total. The molecule has 0 radical (unpaired) electrons. The van der Waals surface area contributed by atoms with Gasteiger partial charge in [0.15, 0.2) is 34.1 Å². The van der Waals surface area contributed by atoms with Gasteiger partial charge in [0.1, 0.15) is 0 Å². The minimum Gasteiger partial charge on any atom is -0.454 e. The summed E-state index contributed by atoms with van der Waals surface area (Å²) >= 11 is 1.14. The minimum absolute atomic E-state index is 0.0132. The molecule has 0 atom stereocenters. The summed E-state index contributed by atoms with van der Waals surface area (Å²) in [6.07, 6.45) is 0. The van der Waals surface area contributed by atoms with Crippen molar-refractivity contribution in [1.82, 2.24) is 20.1 Å². The second kappa shape index (κ2) is 9.86. The molecule has 0 bridgehead atoms. The van der Waals surface area contributed by atoms with E-state index < -0.39 is 17.5 Å². The van der Waals surface area contributed by atoms with Crippen LogP contribution in [0.1, 0.15) is 23.1 Å². The molecule has 4 rings (SSSR count). The Morgan fingerprint density at radius 3 is 2.70 bits per heavy atom. The predicted molar refractivity (Wildman–Crippen MR) is 115 cm³/mol. The van der Waals surface area contributed by atoms with Crippen LogP contribution in [0.2, 0.25) is 0 Å². The molecule has 12 heteroatoms. The van der Waals surface area contributed by atoms with Crippen molar-refractivity contribution >= 4 is 29.3 Å². The van der Waals surface area contributed by atoms with Gasteiger partial charge in [-0.15, -0.1) is 10.2 Å². The standard InChI is InChI=1S/C21H19F2N5O4S/c1-2-28-18(9-24-20(30)12-3-6-16-17(7-12)32-11-31-16)26-27-21(28)33-10-19(29)25-13-4-5-14(22)15(23)8-13/h3-8H,2,9-11H2,1H3,(H,24,30)(H,25,29). The Balaban J connectivity index is 1.33. The lowest BCUT2D eigenvalue weighted by Crippen LogP contribution is -2.24. The summed E-state index contributed by atoms with van der Waals surface area (Å²) in [5.74, 6) is -1.13. The Bertz CT molecular complexity index is 1200. The highest BCUT2D eigenvalue weighted by Gasteiger charge is 2.18. The van der Waals surface area contributed by atoms with E-state index in [0.29, 0.717) is 34.6 Å². The van der Waals surface area contributed by atoms with E-state index in [-0.39, 0.29) is 30.7 Å². The fraction of sp³-hybridized carbons (Fsp3) is 0.238. The van der Waals surface area contributed by atoms with Gasteiger partial charge in [-0.1, -0.05) is 11.8 Å². The Morgan fingerprint density at radius 1 is 1.09 bits per heavy atom. The number of rotatable bonds is 8. The van der Waals surface area contributed by atoms with Crippen molar-refractivity contribution < 1.29 is 27.8 Å². The molecular weight excluding hydrogens is 456 g/mol. The van der Waals surface area contributed by atoms with Gasteiger partial charge in [0.05, 0.1) is 12.3 Å². The molecule has 33 heavy (non-hydrogen) atoms.